The molecule has 1 atom stereocenters. The average Bonchev–Trinajstić information content (AvgIpc) is 2.77. The Hall–Kier alpha value is -2.09. The van der Waals surface area contributed by atoms with E-state index in [4.69, 9.17) is 4.98 Å². The number of rotatable bonds is 0. The first-order valence-electron chi connectivity index (χ1n) is 6.81. The second-order valence-corrected chi connectivity index (χ2v) is 5.53. The van der Waals surface area contributed by atoms with Crippen LogP contribution in [0.25, 0.3) is 16.9 Å². The number of imidazole rings is 1. The van der Waals surface area contributed by atoms with Gasteiger partial charge in [-0.25, -0.2) is 4.98 Å². The van der Waals surface area contributed by atoms with Gasteiger partial charge in [-0.1, -0.05) is 31.2 Å². The minimum absolute atomic E-state index is 0.560. The van der Waals surface area contributed by atoms with Crippen molar-refractivity contribution < 1.29 is 0 Å². The Kier molecular flexibility index (Phi) is 2.10. The number of nitrogens with zero attached hydrogens (tertiary/aromatic N) is 2. The maximum atomic E-state index is 4.85. The van der Waals surface area contributed by atoms with Crippen molar-refractivity contribution in [1.29, 1.82) is 0 Å². The van der Waals surface area contributed by atoms with Crippen molar-refractivity contribution >= 4 is 5.65 Å². The molecule has 3 aromatic rings. The lowest BCUT2D eigenvalue weighted by Gasteiger charge is -2.21. The number of hydrogen-bond donors (Lipinski definition) is 0. The number of aromatic nitrogens is 2. The topological polar surface area (TPSA) is 17.3 Å². The molecule has 2 heteroatoms. The van der Waals surface area contributed by atoms with Gasteiger partial charge in [0.2, 0.25) is 0 Å². The zero-order valence-electron chi connectivity index (χ0n) is 11.2. The van der Waals surface area contributed by atoms with Crippen LogP contribution in [0, 0.1) is 6.92 Å². The van der Waals surface area contributed by atoms with Gasteiger partial charge >= 0.3 is 0 Å². The molecule has 0 aliphatic heterocycles. The summed E-state index contributed by atoms with van der Waals surface area (Å²) in [4.78, 5) is 4.85. The van der Waals surface area contributed by atoms with Crippen molar-refractivity contribution in [2.75, 3.05) is 0 Å². The quantitative estimate of drug-likeness (QED) is 0.588. The van der Waals surface area contributed by atoms with Gasteiger partial charge in [0, 0.05) is 11.8 Å². The molecule has 0 saturated carbocycles. The van der Waals surface area contributed by atoms with Crippen LogP contribution in [0.1, 0.15) is 29.7 Å². The second-order valence-electron chi connectivity index (χ2n) is 5.53. The van der Waals surface area contributed by atoms with E-state index in [1.54, 1.807) is 0 Å². The first kappa shape index (κ1) is 10.8. The van der Waals surface area contributed by atoms with E-state index >= 15 is 0 Å². The van der Waals surface area contributed by atoms with Gasteiger partial charge < -0.3 is 4.40 Å². The Morgan fingerprint density at radius 2 is 2.05 bits per heavy atom. The molecule has 2 heterocycles. The van der Waals surface area contributed by atoms with Crippen molar-refractivity contribution in [3.63, 3.8) is 0 Å². The molecule has 1 aliphatic carbocycles. The van der Waals surface area contributed by atoms with E-state index in [0.717, 1.165) is 12.1 Å². The molecule has 0 amide bonds. The highest BCUT2D eigenvalue weighted by atomic mass is 15.0. The van der Waals surface area contributed by atoms with Gasteiger partial charge in [0.25, 0.3) is 0 Å². The molecule has 1 unspecified atom stereocenters. The van der Waals surface area contributed by atoms with Crippen molar-refractivity contribution in [3.05, 3.63) is 59.4 Å². The van der Waals surface area contributed by atoms with Crippen LogP contribution in [0.2, 0.25) is 0 Å². The Labute approximate surface area is 112 Å². The van der Waals surface area contributed by atoms with Crippen molar-refractivity contribution in [3.8, 4) is 11.3 Å². The van der Waals surface area contributed by atoms with Crippen molar-refractivity contribution in [1.82, 2.24) is 9.38 Å². The van der Waals surface area contributed by atoms with E-state index in [-0.39, 0.29) is 0 Å². The second kappa shape index (κ2) is 3.70. The van der Waals surface area contributed by atoms with Gasteiger partial charge in [0.1, 0.15) is 5.65 Å². The zero-order chi connectivity index (χ0) is 13.0. The summed E-state index contributed by atoms with van der Waals surface area (Å²) in [5.74, 6) is 0.560. The standard InChI is InChI=1S/C17H16N2/c1-11-7-8-19-15-10-12(2)13-5-3-4-6-14(13)17(15)18-16(19)9-11/h3-9,12H,10H2,1-2H3. The summed E-state index contributed by atoms with van der Waals surface area (Å²) in [7, 11) is 0. The fraction of sp³-hybridized carbons (Fsp3) is 0.235. The summed E-state index contributed by atoms with van der Waals surface area (Å²) in [5.41, 5.74) is 7.57. The molecule has 0 bridgehead atoms. The van der Waals surface area contributed by atoms with E-state index in [9.17, 15) is 0 Å². The van der Waals surface area contributed by atoms with Gasteiger partial charge in [-0.05, 0) is 42.5 Å². The predicted octanol–water partition coefficient (Wildman–Crippen LogP) is 3.97. The highest BCUT2D eigenvalue weighted by Crippen LogP contribution is 2.39. The highest BCUT2D eigenvalue weighted by molar-refractivity contribution is 5.72. The third-order valence-corrected chi connectivity index (χ3v) is 4.13. The molecule has 1 aliphatic rings. The van der Waals surface area contributed by atoms with Crippen LogP contribution in [0.15, 0.2) is 42.6 Å². The first-order valence-corrected chi connectivity index (χ1v) is 6.81. The van der Waals surface area contributed by atoms with Crippen LogP contribution in [0.4, 0.5) is 0 Å². The molecular formula is C17H16N2. The third kappa shape index (κ3) is 1.46. The summed E-state index contributed by atoms with van der Waals surface area (Å²) >= 11 is 0. The smallest absolute Gasteiger partial charge is 0.137 e. The molecule has 2 aromatic heterocycles. The monoisotopic (exact) mass is 248 g/mol. The molecule has 0 spiro atoms. The molecular weight excluding hydrogens is 232 g/mol. The molecule has 0 N–H and O–H groups in total. The third-order valence-electron chi connectivity index (χ3n) is 4.13. The Morgan fingerprint density at radius 1 is 1.21 bits per heavy atom. The normalized spacial score (nSPS) is 17.3. The molecule has 2 nitrogen and oxygen atoms in total. The lowest BCUT2D eigenvalue weighted by Crippen LogP contribution is -2.09. The van der Waals surface area contributed by atoms with E-state index in [0.29, 0.717) is 5.92 Å². The van der Waals surface area contributed by atoms with E-state index in [1.165, 1.54) is 28.1 Å². The van der Waals surface area contributed by atoms with E-state index in [1.807, 2.05) is 0 Å². The van der Waals surface area contributed by atoms with Crippen LogP contribution in [-0.2, 0) is 6.42 Å². The van der Waals surface area contributed by atoms with Crippen LogP contribution in [-0.4, -0.2) is 9.38 Å². The molecule has 0 radical (unpaired) electrons. The maximum absolute atomic E-state index is 4.85. The van der Waals surface area contributed by atoms with E-state index in [2.05, 4.69) is 60.8 Å². The summed E-state index contributed by atoms with van der Waals surface area (Å²) in [5, 5.41) is 0. The minimum atomic E-state index is 0.560. The molecule has 0 saturated heterocycles. The number of fused-ring (bicyclic) bond motifs is 5. The Balaban J connectivity index is 2.08. The van der Waals surface area contributed by atoms with Crippen LogP contribution >= 0.6 is 0 Å². The molecule has 94 valence electrons. The first-order chi connectivity index (χ1) is 9.24. The summed E-state index contributed by atoms with van der Waals surface area (Å²) in [6.07, 6.45) is 3.22. The predicted molar refractivity (Wildman–Crippen MR) is 77.5 cm³/mol. The molecule has 0 fully saturated rings. The number of hydrogen-bond acceptors (Lipinski definition) is 1. The van der Waals surface area contributed by atoms with Gasteiger partial charge in [-0.2, -0.15) is 0 Å². The number of pyridine rings is 1. The van der Waals surface area contributed by atoms with Gasteiger partial charge in [-0.3, -0.25) is 0 Å². The average molecular weight is 248 g/mol. The Morgan fingerprint density at radius 3 is 2.95 bits per heavy atom. The van der Waals surface area contributed by atoms with Crippen molar-refractivity contribution in [2.45, 2.75) is 26.2 Å². The summed E-state index contributed by atoms with van der Waals surface area (Å²) in [6.45, 7) is 4.42. The zero-order valence-corrected chi connectivity index (χ0v) is 11.2. The molecule has 4 rings (SSSR count). The lowest BCUT2D eigenvalue weighted by atomic mass is 9.84. The van der Waals surface area contributed by atoms with Crippen LogP contribution in [0.3, 0.4) is 0 Å². The fourth-order valence-electron chi connectivity index (χ4n) is 3.15. The summed E-state index contributed by atoms with van der Waals surface area (Å²) in [6, 6.07) is 13.0. The highest BCUT2D eigenvalue weighted by Gasteiger charge is 2.25. The molecule has 1 aromatic carbocycles. The summed E-state index contributed by atoms with van der Waals surface area (Å²) < 4.78 is 2.24. The molecule has 19 heavy (non-hydrogen) atoms. The van der Waals surface area contributed by atoms with E-state index < -0.39 is 0 Å². The number of aryl methyl sites for hydroxylation is 1. The maximum Gasteiger partial charge on any atom is 0.137 e. The van der Waals surface area contributed by atoms with Gasteiger partial charge in [-0.15, -0.1) is 0 Å². The Bertz CT molecular complexity index is 783. The minimum Gasteiger partial charge on any atom is -0.303 e. The van der Waals surface area contributed by atoms with Crippen LogP contribution in [0.5, 0.6) is 0 Å². The number of benzene rings is 1. The fourth-order valence-corrected chi connectivity index (χ4v) is 3.15. The van der Waals surface area contributed by atoms with Gasteiger partial charge in [0.05, 0.1) is 11.4 Å². The van der Waals surface area contributed by atoms with Crippen LogP contribution < -0.4 is 0 Å². The SMILES string of the molecule is Cc1ccn2c3c(nc2c1)-c1ccccc1C(C)C3. The lowest BCUT2D eigenvalue weighted by molar-refractivity contribution is 0.724. The van der Waals surface area contributed by atoms with Crippen molar-refractivity contribution in [2.24, 2.45) is 0 Å². The largest absolute Gasteiger partial charge is 0.303 e. The van der Waals surface area contributed by atoms with Gasteiger partial charge in [0.15, 0.2) is 0 Å².